The van der Waals surface area contributed by atoms with Gasteiger partial charge in [-0.05, 0) is 122 Å². The highest BCUT2D eigenvalue weighted by Gasteiger charge is 2.19. The number of unbranched alkanes of at least 4 members (excludes halogenated alkanes) is 23. The largest absolute Gasteiger partial charge is 0.462 e. The van der Waals surface area contributed by atoms with Gasteiger partial charge in [-0.25, -0.2) is 0 Å². The van der Waals surface area contributed by atoms with Crippen LogP contribution in [0, 0.1) is 0 Å². The van der Waals surface area contributed by atoms with Crippen LogP contribution in [0.1, 0.15) is 271 Å². The Morgan fingerprint density at radius 3 is 0.824 bits per heavy atom. The number of carbonyl (C=O) groups is 3. The number of rotatable bonds is 54. The van der Waals surface area contributed by atoms with E-state index in [-0.39, 0.29) is 31.1 Å². The summed E-state index contributed by atoms with van der Waals surface area (Å²) in [6, 6.07) is 0. The van der Waals surface area contributed by atoms with Crippen LogP contribution in [0.25, 0.3) is 0 Å². The van der Waals surface area contributed by atoms with Crippen LogP contribution in [0.3, 0.4) is 0 Å². The molecule has 0 aromatic heterocycles. The number of esters is 3. The molecule has 1 unspecified atom stereocenters. The van der Waals surface area contributed by atoms with E-state index in [1.165, 1.54) is 83.5 Å². The van der Waals surface area contributed by atoms with Crippen molar-refractivity contribution >= 4 is 17.9 Å². The van der Waals surface area contributed by atoms with Gasteiger partial charge in [0.05, 0.1) is 0 Å². The first kappa shape index (κ1) is 69.8. The van der Waals surface area contributed by atoms with Gasteiger partial charge in [-0.1, -0.05) is 251 Å². The normalized spacial score (nSPS) is 13.0. The molecule has 1 atom stereocenters. The molecule has 0 rings (SSSR count). The average Bonchev–Trinajstić information content (AvgIpc) is 3.40. The third-order valence-corrected chi connectivity index (χ3v) is 12.7. The molecule has 0 fully saturated rings. The molecule has 6 heteroatoms. The van der Waals surface area contributed by atoms with E-state index in [2.05, 4.69) is 142 Å². The molecule has 6 nitrogen and oxygen atoms in total. The van der Waals surface area contributed by atoms with E-state index in [4.69, 9.17) is 14.2 Å². The molecule has 0 aliphatic heterocycles. The minimum Gasteiger partial charge on any atom is -0.462 e. The molecule has 0 spiro atoms. The smallest absolute Gasteiger partial charge is 0.306 e. The molecule has 0 N–H and O–H groups in total. The molecule has 0 aromatic rings. The molecule has 0 aromatic carbocycles. The van der Waals surface area contributed by atoms with Crippen LogP contribution in [0.15, 0.2) is 122 Å². The first-order valence-electron chi connectivity index (χ1n) is 30.5. The zero-order chi connectivity index (χ0) is 53.6. The van der Waals surface area contributed by atoms with Crippen molar-refractivity contribution in [3.05, 3.63) is 122 Å². The second-order valence-electron chi connectivity index (χ2n) is 19.8. The summed E-state index contributed by atoms with van der Waals surface area (Å²) in [5.74, 6) is -0.920. The van der Waals surface area contributed by atoms with Crippen molar-refractivity contribution in [3.63, 3.8) is 0 Å². The molecular weight excluding hydrogens is 913 g/mol. The fourth-order valence-electron chi connectivity index (χ4n) is 8.15. The Morgan fingerprint density at radius 2 is 0.527 bits per heavy atom. The first-order valence-corrected chi connectivity index (χ1v) is 30.5. The third-order valence-electron chi connectivity index (χ3n) is 12.7. The maximum absolute atomic E-state index is 12.9. The highest BCUT2D eigenvalue weighted by Crippen LogP contribution is 2.15. The van der Waals surface area contributed by atoms with Crippen molar-refractivity contribution in [2.45, 2.75) is 277 Å². The van der Waals surface area contributed by atoms with Crippen molar-refractivity contribution in [1.82, 2.24) is 0 Å². The van der Waals surface area contributed by atoms with Crippen LogP contribution < -0.4 is 0 Å². The first-order chi connectivity index (χ1) is 36.5. The number of hydrogen-bond donors (Lipinski definition) is 0. The molecule has 0 saturated heterocycles. The van der Waals surface area contributed by atoms with Crippen LogP contribution in [0.4, 0.5) is 0 Å². The monoisotopic (exact) mass is 1020 g/mol. The standard InChI is InChI=1S/C68H112O6/c1-4-7-10-13-16-19-22-25-28-30-31-32-33-34-35-36-37-39-40-43-46-49-52-55-58-61-67(70)73-64-65(63-72-66(69)60-57-54-51-48-45-42-27-24-21-18-15-12-9-6-3)74-68(71)62-59-56-53-50-47-44-41-38-29-26-23-20-17-14-11-8-5-2/h7-8,10-11,15-20,24-29,31-32,34-35,65H,4-6,9,12-14,21-23,30,33,36-64H2,1-3H3/b10-7-,11-8-,18-15-,19-16-,20-17-,27-24-,28-25-,29-26-,32-31-,35-34-. The van der Waals surface area contributed by atoms with Gasteiger partial charge >= 0.3 is 17.9 Å². The molecule has 0 saturated carbocycles. The minimum absolute atomic E-state index is 0.0922. The Morgan fingerprint density at radius 1 is 0.284 bits per heavy atom. The molecule has 0 bridgehead atoms. The topological polar surface area (TPSA) is 78.9 Å². The van der Waals surface area contributed by atoms with E-state index in [9.17, 15) is 14.4 Å². The summed E-state index contributed by atoms with van der Waals surface area (Å²) >= 11 is 0. The number of hydrogen-bond acceptors (Lipinski definition) is 6. The number of ether oxygens (including phenoxy) is 3. The predicted octanol–water partition coefficient (Wildman–Crippen LogP) is 20.8. The van der Waals surface area contributed by atoms with Gasteiger partial charge in [-0.3, -0.25) is 14.4 Å². The summed E-state index contributed by atoms with van der Waals surface area (Å²) in [4.78, 5) is 38.3. The molecule has 0 radical (unpaired) electrons. The van der Waals surface area contributed by atoms with Gasteiger partial charge in [0, 0.05) is 19.3 Å². The van der Waals surface area contributed by atoms with E-state index >= 15 is 0 Å². The van der Waals surface area contributed by atoms with E-state index in [0.717, 1.165) is 148 Å². The Hall–Kier alpha value is -4.19. The van der Waals surface area contributed by atoms with Crippen LogP contribution in [-0.4, -0.2) is 37.2 Å². The highest BCUT2D eigenvalue weighted by molar-refractivity contribution is 5.71. The third kappa shape index (κ3) is 58.7. The zero-order valence-electron chi connectivity index (χ0n) is 48.1. The molecular formula is C68H112O6. The lowest BCUT2D eigenvalue weighted by molar-refractivity contribution is -0.167. The molecule has 0 amide bonds. The van der Waals surface area contributed by atoms with Crippen molar-refractivity contribution in [2.75, 3.05) is 13.2 Å². The van der Waals surface area contributed by atoms with Crippen molar-refractivity contribution < 1.29 is 28.6 Å². The van der Waals surface area contributed by atoms with Gasteiger partial charge in [0.1, 0.15) is 13.2 Å². The van der Waals surface area contributed by atoms with E-state index in [1.807, 2.05) is 0 Å². The fraction of sp³-hybridized carbons (Fsp3) is 0.662. The highest BCUT2D eigenvalue weighted by atomic mass is 16.6. The van der Waals surface area contributed by atoms with Crippen molar-refractivity contribution in [1.29, 1.82) is 0 Å². The summed E-state index contributed by atoms with van der Waals surface area (Å²) in [6.07, 6.45) is 84.8. The predicted molar refractivity (Wildman–Crippen MR) is 320 cm³/mol. The van der Waals surface area contributed by atoms with E-state index in [1.54, 1.807) is 0 Å². The lowest BCUT2D eigenvalue weighted by Gasteiger charge is -2.18. The lowest BCUT2D eigenvalue weighted by atomic mass is 10.1. The Balaban J connectivity index is 4.38. The average molecular weight is 1030 g/mol. The second kappa shape index (κ2) is 61.4. The van der Waals surface area contributed by atoms with Crippen molar-refractivity contribution in [2.24, 2.45) is 0 Å². The minimum atomic E-state index is -0.796. The zero-order valence-corrected chi connectivity index (χ0v) is 48.1. The quantitative estimate of drug-likeness (QED) is 0.0261. The van der Waals surface area contributed by atoms with Gasteiger partial charge in [-0.2, -0.15) is 0 Å². The van der Waals surface area contributed by atoms with Gasteiger partial charge in [0.15, 0.2) is 6.10 Å². The van der Waals surface area contributed by atoms with Gasteiger partial charge in [0.2, 0.25) is 0 Å². The summed E-state index contributed by atoms with van der Waals surface area (Å²) in [5.41, 5.74) is 0. The van der Waals surface area contributed by atoms with Gasteiger partial charge < -0.3 is 14.2 Å². The number of carbonyl (C=O) groups excluding carboxylic acids is 3. The summed E-state index contributed by atoms with van der Waals surface area (Å²) in [6.45, 7) is 6.36. The number of allylic oxidation sites excluding steroid dienone is 20. The summed E-state index contributed by atoms with van der Waals surface area (Å²) in [7, 11) is 0. The van der Waals surface area contributed by atoms with Crippen LogP contribution in [-0.2, 0) is 28.6 Å². The maximum atomic E-state index is 12.9. The second-order valence-corrected chi connectivity index (χ2v) is 19.8. The Kier molecular flexibility index (Phi) is 57.9. The molecule has 0 aliphatic rings. The van der Waals surface area contributed by atoms with Crippen LogP contribution in [0.5, 0.6) is 0 Å². The maximum Gasteiger partial charge on any atom is 0.306 e. The molecule has 420 valence electrons. The summed E-state index contributed by atoms with van der Waals surface area (Å²) in [5, 5.41) is 0. The summed E-state index contributed by atoms with van der Waals surface area (Å²) < 4.78 is 16.9. The van der Waals surface area contributed by atoms with Crippen molar-refractivity contribution in [3.8, 4) is 0 Å². The molecule has 0 aliphatic carbocycles. The molecule has 0 heterocycles. The SMILES string of the molecule is CC/C=C\C/C=C\C/C=C\C/C=C\C/C=C\CCCCCCCCCCCC(=O)OCC(COC(=O)CCCCCCC/C=C\C/C=C\CCCC)OC(=O)CCCCCCCCC/C=C\C/C=C\C/C=C\CC. The van der Waals surface area contributed by atoms with E-state index in [0.29, 0.717) is 19.3 Å². The van der Waals surface area contributed by atoms with Gasteiger partial charge in [0.25, 0.3) is 0 Å². The van der Waals surface area contributed by atoms with E-state index < -0.39 is 6.10 Å². The molecule has 74 heavy (non-hydrogen) atoms. The van der Waals surface area contributed by atoms with Gasteiger partial charge in [-0.15, -0.1) is 0 Å². The van der Waals surface area contributed by atoms with Crippen LogP contribution >= 0.6 is 0 Å². The Bertz CT molecular complexity index is 1550. The fourth-order valence-corrected chi connectivity index (χ4v) is 8.15. The Labute approximate surface area is 456 Å². The van der Waals surface area contributed by atoms with Crippen LogP contribution in [0.2, 0.25) is 0 Å². The lowest BCUT2D eigenvalue weighted by Crippen LogP contribution is -2.30.